The molecule has 0 unspecified atom stereocenters. The number of benzene rings is 1. The van der Waals surface area contributed by atoms with Crippen LogP contribution in [0, 0.1) is 5.92 Å². The second-order valence-corrected chi connectivity index (χ2v) is 6.27. The molecule has 1 aromatic carbocycles. The van der Waals surface area contributed by atoms with Gasteiger partial charge in [0.15, 0.2) is 11.5 Å². The Hall–Kier alpha value is -1.26. The average molecular weight is 304 g/mol. The topological polar surface area (TPSA) is 33.7 Å². The first kappa shape index (κ1) is 15.6. The van der Waals surface area contributed by atoms with Crippen LogP contribution in [0.15, 0.2) is 18.2 Å². The van der Waals surface area contributed by atoms with E-state index in [9.17, 15) is 0 Å². The summed E-state index contributed by atoms with van der Waals surface area (Å²) >= 11 is 0. The zero-order valence-corrected chi connectivity index (χ0v) is 13.8. The fraction of sp³-hybridized carbons (Fsp3) is 0.667. The molecule has 22 heavy (non-hydrogen) atoms. The summed E-state index contributed by atoms with van der Waals surface area (Å²) in [5.41, 5.74) is 1.38. The van der Waals surface area contributed by atoms with Crippen molar-refractivity contribution in [3.8, 4) is 11.5 Å². The van der Waals surface area contributed by atoms with Gasteiger partial charge in [0, 0.05) is 32.2 Å². The maximum atomic E-state index is 5.66. The van der Waals surface area contributed by atoms with E-state index in [4.69, 9.17) is 9.47 Å². The Balaban J connectivity index is 1.86. The fourth-order valence-electron chi connectivity index (χ4n) is 3.64. The Bertz CT molecular complexity index is 482. The van der Waals surface area contributed by atoms with E-state index in [1.54, 1.807) is 7.11 Å². The van der Waals surface area contributed by atoms with E-state index < -0.39 is 0 Å². The van der Waals surface area contributed by atoms with E-state index in [0.29, 0.717) is 12.6 Å². The van der Waals surface area contributed by atoms with Crippen molar-refractivity contribution in [2.45, 2.75) is 32.2 Å². The molecule has 1 aliphatic carbocycles. The summed E-state index contributed by atoms with van der Waals surface area (Å²) in [4.78, 5) is 2.65. The van der Waals surface area contributed by atoms with E-state index in [1.807, 2.05) is 6.92 Å². The third kappa shape index (κ3) is 3.23. The quantitative estimate of drug-likeness (QED) is 0.876. The lowest BCUT2D eigenvalue weighted by Gasteiger charge is -2.43. The molecule has 122 valence electrons. The molecule has 4 nitrogen and oxygen atoms in total. The minimum atomic E-state index is 0.528. The van der Waals surface area contributed by atoms with Crippen molar-refractivity contribution in [3.63, 3.8) is 0 Å². The van der Waals surface area contributed by atoms with Crippen LogP contribution in [-0.2, 0) is 0 Å². The molecule has 2 aliphatic rings. The van der Waals surface area contributed by atoms with Gasteiger partial charge < -0.3 is 14.8 Å². The van der Waals surface area contributed by atoms with Crippen LogP contribution < -0.4 is 14.8 Å². The van der Waals surface area contributed by atoms with Crippen LogP contribution in [-0.4, -0.2) is 44.8 Å². The number of hydrogen-bond acceptors (Lipinski definition) is 4. The Morgan fingerprint density at radius 3 is 2.59 bits per heavy atom. The highest BCUT2D eigenvalue weighted by Crippen LogP contribution is 2.43. The van der Waals surface area contributed by atoms with Gasteiger partial charge in [0.05, 0.1) is 13.7 Å². The summed E-state index contributed by atoms with van der Waals surface area (Å²) in [6.07, 6.45) is 4.08. The molecule has 4 heteroatoms. The van der Waals surface area contributed by atoms with E-state index in [1.165, 1.54) is 24.8 Å². The fourth-order valence-corrected chi connectivity index (χ4v) is 3.64. The minimum Gasteiger partial charge on any atom is -0.493 e. The van der Waals surface area contributed by atoms with Crippen molar-refractivity contribution in [1.82, 2.24) is 10.2 Å². The minimum absolute atomic E-state index is 0.528. The van der Waals surface area contributed by atoms with Gasteiger partial charge >= 0.3 is 0 Å². The molecule has 0 spiro atoms. The van der Waals surface area contributed by atoms with Crippen molar-refractivity contribution in [2.75, 3.05) is 39.9 Å². The van der Waals surface area contributed by atoms with E-state index in [0.717, 1.165) is 43.6 Å². The molecule has 3 rings (SSSR count). The number of ether oxygens (including phenoxy) is 2. The molecule has 1 saturated carbocycles. The summed E-state index contributed by atoms with van der Waals surface area (Å²) in [6.45, 7) is 7.13. The highest BCUT2D eigenvalue weighted by atomic mass is 16.5. The summed E-state index contributed by atoms with van der Waals surface area (Å²) in [5, 5.41) is 3.46. The molecule has 0 radical (unpaired) electrons. The molecule has 1 aromatic rings. The largest absolute Gasteiger partial charge is 0.493 e. The van der Waals surface area contributed by atoms with Gasteiger partial charge in [0.25, 0.3) is 0 Å². The maximum absolute atomic E-state index is 5.66. The Morgan fingerprint density at radius 1 is 1.23 bits per heavy atom. The third-order valence-corrected chi connectivity index (χ3v) is 4.97. The van der Waals surface area contributed by atoms with Crippen molar-refractivity contribution < 1.29 is 9.47 Å². The zero-order chi connectivity index (χ0) is 15.4. The van der Waals surface area contributed by atoms with Gasteiger partial charge in [-0.15, -0.1) is 0 Å². The van der Waals surface area contributed by atoms with Gasteiger partial charge in [-0.1, -0.05) is 12.5 Å². The van der Waals surface area contributed by atoms with Gasteiger partial charge in [-0.05, 0) is 43.4 Å². The Kier molecular flexibility index (Phi) is 5.21. The highest BCUT2D eigenvalue weighted by molar-refractivity contribution is 5.44. The van der Waals surface area contributed by atoms with Crippen LogP contribution in [0.5, 0.6) is 11.5 Å². The average Bonchev–Trinajstić information content (AvgIpc) is 2.52. The van der Waals surface area contributed by atoms with Gasteiger partial charge in [-0.25, -0.2) is 0 Å². The predicted octanol–water partition coefficient (Wildman–Crippen LogP) is 2.84. The first-order valence-electron chi connectivity index (χ1n) is 8.59. The number of rotatable bonds is 6. The number of nitrogens with zero attached hydrogens (tertiary/aromatic N) is 1. The molecular weight excluding hydrogens is 276 g/mol. The van der Waals surface area contributed by atoms with Crippen LogP contribution >= 0.6 is 0 Å². The molecule has 1 heterocycles. The molecule has 0 amide bonds. The first-order valence-corrected chi connectivity index (χ1v) is 8.59. The van der Waals surface area contributed by atoms with Gasteiger partial charge in [0.2, 0.25) is 0 Å². The third-order valence-electron chi connectivity index (χ3n) is 4.97. The molecule has 1 saturated heterocycles. The second kappa shape index (κ2) is 7.34. The van der Waals surface area contributed by atoms with Crippen LogP contribution in [0.25, 0.3) is 0 Å². The number of hydrogen-bond donors (Lipinski definition) is 1. The van der Waals surface area contributed by atoms with E-state index in [-0.39, 0.29) is 0 Å². The monoisotopic (exact) mass is 304 g/mol. The molecule has 2 fully saturated rings. The summed E-state index contributed by atoms with van der Waals surface area (Å²) < 4.78 is 11.2. The molecule has 0 bridgehead atoms. The standard InChI is InChI=1S/C18H28N2O2/c1-3-22-16-8-7-15(13-17(16)21-2)18(14-5-4-6-14)20-11-9-19-10-12-20/h7-8,13-14,18-19H,3-6,9-12H2,1-2H3/t18-/m1/s1. The maximum Gasteiger partial charge on any atom is 0.161 e. The smallest absolute Gasteiger partial charge is 0.161 e. The summed E-state index contributed by atoms with van der Waals surface area (Å²) in [6, 6.07) is 7.03. The SMILES string of the molecule is CCOc1ccc([C@@H](C2CCC2)N2CCNCC2)cc1OC. The van der Waals surface area contributed by atoms with Crippen LogP contribution in [0.2, 0.25) is 0 Å². The van der Waals surface area contributed by atoms with Crippen LogP contribution in [0.3, 0.4) is 0 Å². The lowest BCUT2D eigenvalue weighted by atomic mass is 9.76. The van der Waals surface area contributed by atoms with E-state index >= 15 is 0 Å². The lowest BCUT2D eigenvalue weighted by molar-refractivity contribution is 0.0835. The van der Waals surface area contributed by atoms with Gasteiger partial charge in [-0.3, -0.25) is 4.90 Å². The summed E-state index contributed by atoms with van der Waals surface area (Å²) in [5.74, 6) is 2.50. The van der Waals surface area contributed by atoms with E-state index in [2.05, 4.69) is 28.4 Å². The van der Waals surface area contributed by atoms with Crippen LogP contribution in [0.4, 0.5) is 0 Å². The van der Waals surface area contributed by atoms with Crippen molar-refractivity contribution in [3.05, 3.63) is 23.8 Å². The molecule has 1 aliphatic heterocycles. The predicted molar refractivity (Wildman–Crippen MR) is 88.7 cm³/mol. The molecule has 1 atom stereocenters. The Morgan fingerprint density at radius 2 is 2.00 bits per heavy atom. The van der Waals surface area contributed by atoms with Gasteiger partial charge in [0.1, 0.15) is 0 Å². The normalized spacial score (nSPS) is 21.2. The molecule has 1 N–H and O–H groups in total. The number of nitrogens with one attached hydrogen (secondary N) is 1. The number of methoxy groups -OCH3 is 1. The zero-order valence-electron chi connectivity index (χ0n) is 13.8. The second-order valence-electron chi connectivity index (χ2n) is 6.27. The van der Waals surface area contributed by atoms with Crippen molar-refractivity contribution >= 4 is 0 Å². The van der Waals surface area contributed by atoms with Crippen molar-refractivity contribution in [1.29, 1.82) is 0 Å². The molecular formula is C18H28N2O2. The highest BCUT2D eigenvalue weighted by Gasteiger charge is 2.33. The Labute approximate surface area is 133 Å². The van der Waals surface area contributed by atoms with Crippen LogP contribution in [0.1, 0.15) is 37.8 Å². The van der Waals surface area contributed by atoms with Gasteiger partial charge in [-0.2, -0.15) is 0 Å². The summed E-state index contributed by atoms with van der Waals surface area (Å²) in [7, 11) is 1.73. The van der Waals surface area contributed by atoms with Crippen molar-refractivity contribution in [2.24, 2.45) is 5.92 Å². The molecule has 0 aromatic heterocycles. The number of piperazine rings is 1. The lowest BCUT2D eigenvalue weighted by Crippen LogP contribution is -2.47. The first-order chi connectivity index (χ1) is 10.8.